The summed E-state index contributed by atoms with van der Waals surface area (Å²) in [5, 5.41) is 1.56. The van der Waals surface area contributed by atoms with Crippen LogP contribution in [0.2, 0.25) is 0 Å². The number of methoxy groups -OCH3 is 1. The molecule has 0 radical (unpaired) electrons. The van der Waals surface area contributed by atoms with Crippen molar-refractivity contribution in [2.24, 2.45) is 0 Å². The van der Waals surface area contributed by atoms with Crippen LogP contribution in [0.1, 0.15) is 12.8 Å². The summed E-state index contributed by atoms with van der Waals surface area (Å²) in [6, 6.07) is 0. The summed E-state index contributed by atoms with van der Waals surface area (Å²) < 4.78 is 64.0. The first-order valence-corrected chi connectivity index (χ1v) is 7.43. The molecule has 0 rings (SSSR count). The van der Waals surface area contributed by atoms with Gasteiger partial charge in [-0.1, -0.05) is 0 Å². The van der Waals surface area contributed by atoms with Crippen molar-refractivity contribution in [3.8, 4) is 0 Å². The highest BCUT2D eigenvalue weighted by Gasteiger charge is 2.28. The molecular weight excluding hydrogens is 317 g/mol. The lowest BCUT2D eigenvalue weighted by Crippen LogP contribution is -2.42. The predicted octanol–water partition coefficient (Wildman–Crippen LogP) is -0.120. The largest absolute Gasteiger partial charge is 0.469 e. The third kappa shape index (κ3) is 9.24. The van der Waals surface area contributed by atoms with Gasteiger partial charge in [-0.05, 0) is 6.42 Å². The molecule has 0 aromatic heterocycles. The molecule has 0 aliphatic heterocycles. The number of nitrogens with one attached hydrogen (secondary N) is 1. The first kappa shape index (κ1) is 19.6. The number of likely N-dealkylation sites (N-methyl/N-ethyl adjacent to an activating group) is 1. The van der Waals surface area contributed by atoms with Crippen molar-refractivity contribution in [1.29, 1.82) is 0 Å². The Morgan fingerprint density at radius 2 is 1.86 bits per heavy atom. The topological polar surface area (TPSA) is 92.8 Å². The van der Waals surface area contributed by atoms with Crippen molar-refractivity contribution in [3.63, 3.8) is 0 Å². The van der Waals surface area contributed by atoms with E-state index in [1.165, 1.54) is 0 Å². The Morgan fingerprint density at radius 3 is 2.33 bits per heavy atom. The van der Waals surface area contributed by atoms with E-state index in [1.54, 1.807) is 5.32 Å². The number of ether oxygens (including phenoxy) is 1. The highest BCUT2D eigenvalue weighted by Crippen LogP contribution is 2.12. The van der Waals surface area contributed by atoms with E-state index >= 15 is 0 Å². The molecule has 1 N–H and O–H groups in total. The molecule has 0 fully saturated rings. The van der Waals surface area contributed by atoms with E-state index < -0.39 is 46.9 Å². The van der Waals surface area contributed by atoms with Crippen LogP contribution in [0.25, 0.3) is 0 Å². The summed E-state index contributed by atoms with van der Waals surface area (Å²) in [5.41, 5.74) is 0. The van der Waals surface area contributed by atoms with Gasteiger partial charge in [0.25, 0.3) is 0 Å². The van der Waals surface area contributed by atoms with Crippen LogP contribution in [0, 0.1) is 0 Å². The summed E-state index contributed by atoms with van der Waals surface area (Å²) in [6.45, 7) is -2.25. The minimum atomic E-state index is -4.56. The first-order chi connectivity index (χ1) is 9.48. The zero-order chi connectivity index (χ0) is 16.7. The molecular formula is C10H17F3N2O5S. The molecule has 0 saturated carbocycles. The number of carbonyl (C=O) groups excluding carboxylic acids is 2. The SMILES string of the molecule is COC(=O)CCCS(=O)(=O)N(C)CC(=O)NCC(F)(F)F. The number of sulfonamides is 1. The van der Waals surface area contributed by atoms with Crippen molar-refractivity contribution in [2.75, 3.05) is 33.0 Å². The van der Waals surface area contributed by atoms with E-state index in [2.05, 4.69) is 4.74 Å². The first-order valence-electron chi connectivity index (χ1n) is 5.82. The third-order valence-electron chi connectivity index (χ3n) is 2.34. The third-order valence-corrected chi connectivity index (χ3v) is 4.22. The Morgan fingerprint density at radius 1 is 1.29 bits per heavy atom. The Hall–Kier alpha value is -1.36. The van der Waals surface area contributed by atoms with E-state index in [9.17, 15) is 31.2 Å². The van der Waals surface area contributed by atoms with Crippen molar-refractivity contribution in [2.45, 2.75) is 19.0 Å². The molecule has 0 bridgehead atoms. The van der Waals surface area contributed by atoms with Gasteiger partial charge >= 0.3 is 12.1 Å². The van der Waals surface area contributed by atoms with Gasteiger partial charge in [-0.25, -0.2) is 8.42 Å². The molecule has 21 heavy (non-hydrogen) atoms. The summed E-state index contributed by atoms with van der Waals surface area (Å²) >= 11 is 0. The maximum Gasteiger partial charge on any atom is 0.405 e. The average molecular weight is 334 g/mol. The molecule has 0 heterocycles. The maximum atomic E-state index is 11.9. The minimum absolute atomic E-state index is 0.0104. The van der Waals surface area contributed by atoms with Gasteiger partial charge in [-0.15, -0.1) is 0 Å². The van der Waals surface area contributed by atoms with Crippen LogP contribution in [-0.2, 0) is 24.3 Å². The highest BCUT2D eigenvalue weighted by molar-refractivity contribution is 7.89. The molecule has 0 spiro atoms. The number of nitrogens with zero attached hydrogens (tertiary/aromatic N) is 1. The zero-order valence-corrected chi connectivity index (χ0v) is 12.4. The van der Waals surface area contributed by atoms with Gasteiger partial charge in [0.1, 0.15) is 6.54 Å². The molecule has 124 valence electrons. The number of rotatable bonds is 8. The number of hydrogen-bond donors (Lipinski definition) is 1. The molecule has 0 atom stereocenters. The number of hydrogen-bond acceptors (Lipinski definition) is 5. The smallest absolute Gasteiger partial charge is 0.405 e. The number of halogens is 3. The van der Waals surface area contributed by atoms with E-state index in [0.29, 0.717) is 4.31 Å². The van der Waals surface area contributed by atoms with Gasteiger partial charge in [0, 0.05) is 13.5 Å². The minimum Gasteiger partial charge on any atom is -0.469 e. The van der Waals surface area contributed by atoms with Gasteiger partial charge in [0.05, 0.1) is 19.4 Å². The van der Waals surface area contributed by atoms with E-state index in [4.69, 9.17) is 0 Å². The fourth-order valence-electron chi connectivity index (χ4n) is 1.21. The molecule has 7 nitrogen and oxygen atoms in total. The Balaban J connectivity index is 4.26. The zero-order valence-electron chi connectivity index (χ0n) is 11.6. The number of alkyl halides is 3. The molecule has 0 aromatic rings. The molecule has 11 heteroatoms. The maximum absolute atomic E-state index is 11.9. The summed E-state index contributed by atoms with van der Waals surface area (Å²) in [7, 11) is -1.60. The van der Waals surface area contributed by atoms with Crippen molar-refractivity contribution in [1.82, 2.24) is 9.62 Å². The van der Waals surface area contributed by atoms with E-state index in [0.717, 1.165) is 14.2 Å². The fourth-order valence-corrected chi connectivity index (χ4v) is 2.35. The van der Waals surface area contributed by atoms with Crippen LogP contribution in [0.15, 0.2) is 0 Å². The molecule has 0 saturated heterocycles. The predicted molar refractivity (Wildman–Crippen MR) is 66.7 cm³/mol. The lowest BCUT2D eigenvalue weighted by molar-refractivity contribution is -0.140. The molecule has 0 unspecified atom stereocenters. The second-order valence-electron chi connectivity index (χ2n) is 4.14. The average Bonchev–Trinajstić information content (AvgIpc) is 2.35. The van der Waals surface area contributed by atoms with Crippen LogP contribution in [0.5, 0.6) is 0 Å². The second kappa shape index (κ2) is 8.17. The Labute approximate surface area is 120 Å². The van der Waals surface area contributed by atoms with Gasteiger partial charge in [0.15, 0.2) is 0 Å². The normalized spacial score (nSPS) is 12.3. The van der Waals surface area contributed by atoms with Gasteiger partial charge in [-0.2, -0.15) is 17.5 Å². The molecule has 1 amide bonds. The molecule has 0 aliphatic rings. The van der Waals surface area contributed by atoms with E-state index in [-0.39, 0.29) is 12.8 Å². The van der Waals surface area contributed by atoms with Gasteiger partial charge in [0.2, 0.25) is 15.9 Å². The lowest BCUT2D eigenvalue weighted by atomic mass is 10.3. The number of amides is 1. The lowest BCUT2D eigenvalue weighted by Gasteiger charge is -2.17. The van der Waals surface area contributed by atoms with Crippen LogP contribution >= 0.6 is 0 Å². The van der Waals surface area contributed by atoms with Gasteiger partial charge < -0.3 is 10.1 Å². The summed E-state index contributed by atoms with van der Waals surface area (Å²) in [6.07, 6.45) is -4.68. The van der Waals surface area contributed by atoms with Crippen molar-refractivity contribution < 1.29 is 35.9 Å². The Kier molecular flexibility index (Phi) is 7.64. The summed E-state index contributed by atoms with van der Waals surface area (Å²) in [5.74, 6) is -2.05. The van der Waals surface area contributed by atoms with E-state index in [1.807, 2.05) is 0 Å². The fraction of sp³-hybridized carbons (Fsp3) is 0.800. The van der Waals surface area contributed by atoms with Crippen LogP contribution in [-0.4, -0.2) is 63.8 Å². The van der Waals surface area contributed by atoms with Crippen molar-refractivity contribution in [3.05, 3.63) is 0 Å². The summed E-state index contributed by atoms with van der Waals surface area (Å²) in [4.78, 5) is 22.0. The highest BCUT2D eigenvalue weighted by atomic mass is 32.2. The quantitative estimate of drug-likeness (QED) is 0.625. The Bertz CT molecular complexity index is 464. The van der Waals surface area contributed by atoms with Crippen molar-refractivity contribution >= 4 is 21.9 Å². The molecule has 0 aliphatic carbocycles. The second-order valence-corrected chi connectivity index (χ2v) is 6.34. The van der Waals surface area contributed by atoms with Crippen LogP contribution < -0.4 is 5.32 Å². The standard InChI is InChI=1S/C10H17F3N2O5S/c1-15(6-8(16)14-7-10(11,12)13)21(18,19)5-3-4-9(17)20-2/h3-7H2,1-2H3,(H,14,16). The molecule has 0 aromatic carbocycles. The van der Waals surface area contributed by atoms with Crippen LogP contribution in [0.3, 0.4) is 0 Å². The van der Waals surface area contributed by atoms with Crippen LogP contribution in [0.4, 0.5) is 13.2 Å². The number of esters is 1. The number of carbonyl (C=O) groups is 2. The monoisotopic (exact) mass is 334 g/mol. The van der Waals surface area contributed by atoms with Gasteiger partial charge in [-0.3, -0.25) is 9.59 Å².